The third kappa shape index (κ3) is 8.78. The zero-order chi connectivity index (χ0) is 50.1. The Morgan fingerprint density at radius 1 is 0.808 bits per heavy atom. The van der Waals surface area contributed by atoms with Gasteiger partial charge in [0.15, 0.2) is 5.82 Å². The van der Waals surface area contributed by atoms with Crippen LogP contribution >= 0.6 is 0 Å². The molecule has 378 valence electrons. The molecule has 16 nitrogen and oxygen atoms in total. The second-order valence-electron chi connectivity index (χ2n) is 21.3. The van der Waals surface area contributed by atoms with E-state index in [2.05, 4.69) is 46.1 Å². The van der Waals surface area contributed by atoms with Gasteiger partial charge < -0.3 is 29.9 Å². The van der Waals surface area contributed by atoms with Gasteiger partial charge >= 0.3 is 6.01 Å². The lowest BCUT2D eigenvalue weighted by molar-refractivity contribution is -0.136. The Bertz CT molecular complexity index is 3110. The van der Waals surface area contributed by atoms with Gasteiger partial charge in [-0.2, -0.15) is 9.97 Å². The van der Waals surface area contributed by atoms with Crippen LogP contribution in [0.15, 0.2) is 48.7 Å². The van der Waals surface area contributed by atoms with Crippen LogP contribution in [0.4, 0.5) is 20.3 Å². The van der Waals surface area contributed by atoms with Gasteiger partial charge in [0.2, 0.25) is 11.8 Å². The van der Waals surface area contributed by atoms with Crippen molar-refractivity contribution < 1.29 is 37.8 Å². The molecule has 12 rings (SSSR count). The summed E-state index contributed by atoms with van der Waals surface area (Å²) in [6, 6.07) is 10.6. The molecule has 0 saturated carbocycles. The summed E-state index contributed by atoms with van der Waals surface area (Å²) in [5.41, 5.74) is 1.87. The maximum atomic E-state index is 17.1. The number of terminal acetylenes is 1. The molecule has 6 fully saturated rings. The SMILES string of the molecule is C#Cc1c(F)ccc2cc(O)cc(-c3ncc4c(N5CC6CCC(C5)N6)nc(OCCN5CCC6(CC5)CCN(CC5CCN(c7ccc8c(c7)C(=O)N(C7CCC(=O)NC7=O)C8=O)CC5)CC6)nc4c3F)c12. The number of hydrogen-bond acceptors (Lipinski definition) is 14. The number of hydrogen-bond donors (Lipinski definition) is 3. The van der Waals surface area contributed by atoms with Gasteiger partial charge in [-0.3, -0.25) is 39.3 Å². The normalized spacial score (nSPS) is 23.7. The average Bonchev–Trinajstić information content (AvgIpc) is 3.86. The number of nitrogens with one attached hydrogen (secondary N) is 2. The van der Waals surface area contributed by atoms with E-state index in [-0.39, 0.29) is 52.3 Å². The fourth-order valence-corrected chi connectivity index (χ4v) is 12.9. The molecule has 2 aromatic heterocycles. The number of aromatic hydroxyl groups is 1. The number of phenols is 1. The topological polar surface area (TPSA) is 177 Å². The monoisotopic (exact) mass is 992 g/mol. The Kier molecular flexibility index (Phi) is 12.2. The Hall–Kier alpha value is -6.81. The Labute approximate surface area is 421 Å². The summed E-state index contributed by atoms with van der Waals surface area (Å²) < 4.78 is 38.4. The van der Waals surface area contributed by atoms with Crippen molar-refractivity contribution in [1.82, 2.24) is 40.3 Å². The number of carbonyl (C=O) groups excluding carboxylic acids is 4. The highest BCUT2D eigenvalue weighted by molar-refractivity contribution is 6.23. The van der Waals surface area contributed by atoms with Crippen LogP contribution in [0.3, 0.4) is 0 Å². The van der Waals surface area contributed by atoms with Crippen LogP contribution in [0.5, 0.6) is 11.8 Å². The van der Waals surface area contributed by atoms with Crippen molar-refractivity contribution in [2.24, 2.45) is 11.3 Å². The molecule has 9 heterocycles. The minimum absolute atomic E-state index is 0.0268. The predicted octanol–water partition coefficient (Wildman–Crippen LogP) is 5.63. The number of benzene rings is 3. The Balaban J connectivity index is 0.651. The van der Waals surface area contributed by atoms with Crippen LogP contribution in [-0.2, 0) is 9.59 Å². The number of piperidine rings is 4. The van der Waals surface area contributed by atoms with Gasteiger partial charge in [-0.1, -0.05) is 12.0 Å². The van der Waals surface area contributed by atoms with Crippen LogP contribution in [0, 0.1) is 35.3 Å². The van der Waals surface area contributed by atoms with Gasteiger partial charge in [0.25, 0.3) is 11.8 Å². The largest absolute Gasteiger partial charge is 0.508 e. The highest BCUT2D eigenvalue weighted by atomic mass is 19.1. The number of ether oxygens (including phenoxy) is 1. The molecule has 5 aromatic rings. The van der Waals surface area contributed by atoms with Crippen LogP contribution < -0.4 is 25.2 Å². The first-order valence-corrected chi connectivity index (χ1v) is 25.9. The van der Waals surface area contributed by atoms with E-state index in [1.807, 2.05) is 6.07 Å². The number of likely N-dealkylation sites (tertiary alicyclic amines) is 2. The van der Waals surface area contributed by atoms with Crippen molar-refractivity contribution in [3.05, 3.63) is 77.0 Å². The van der Waals surface area contributed by atoms with Gasteiger partial charge in [0.1, 0.15) is 41.2 Å². The maximum absolute atomic E-state index is 17.1. The molecular weight excluding hydrogens is 935 g/mol. The van der Waals surface area contributed by atoms with E-state index in [0.717, 1.165) is 94.9 Å². The zero-order valence-electron chi connectivity index (χ0n) is 40.7. The summed E-state index contributed by atoms with van der Waals surface area (Å²) in [5, 5.41) is 17.8. The maximum Gasteiger partial charge on any atom is 0.319 e. The number of carbonyl (C=O) groups is 4. The molecule has 73 heavy (non-hydrogen) atoms. The molecule has 18 heteroatoms. The minimum Gasteiger partial charge on any atom is -0.508 e. The molecule has 3 N–H and O–H groups in total. The fraction of sp³-hybridized carbons (Fsp3) is 0.473. The number of phenolic OH excluding ortho intramolecular Hbond substituents is 1. The van der Waals surface area contributed by atoms with Crippen molar-refractivity contribution in [3.8, 4) is 35.4 Å². The van der Waals surface area contributed by atoms with Crippen molar-refractivity contribution in [1.29, 1.82) is 0 Å². The number of pyridine rings is 1. The Morgan fingerprint density at radius 2 is 1.53 bits per heavy atom. The summed E-state index contributed by atoms with van der Waals surface area (Å²) in [7, 11) is 0. The number of piperazine rings is 1. The number of amides is 4. The van der Waals surface area contributed by atoms with Crippen molar-refractivity contribution in [2.75, 3.05) is 81.9 Å². The molecule has 0 aliphatic carbocycles. The van der Waals surface area contributed by atoms with Crippen LogP contribution in [0.2, 0.25) is 0 Å². The first kappa shape index (κ1) is 47.2. The van der Waals surface area contributed by atoms with Crippen LogP contribution in [-0.4, -0.2) is 149 Å². The second-order valence-corrected chi connectivity index (χ2v) is 21.3. The predicted molar refractivity (Wildman–Crippen MR) is 269 cm³/mol. The zero-order valence-corrected chi connectivity index (χ0v) is 40.7. The summed E-state index contributed by atoms with van der Waals surface area (Å²) in [4.78, 5) is 75.5. The number of rotatable bonds is 10. The van der Waals surface area contributed by atoms with E-state index in [9.17, 15) is 24.3 Å². The smallest absolute Gasteiger partial charge is 0.319 e. The lowest BCUT2D eigenvalue weighted by Crippen LogP contribution is -2.54. The van der Waals surface area contributed by atoms with E-state index in [4.69, 9.17) is 16.1 Å². The first-order valence-electron chi connectivity index (χ1n) is 25.9. The van der Waals surface area contributed by atoms with Gasteiger partial charge in [0.05, 0.1) is 22.1 Å². The number of imide groups is 2. The summed E-state index contributed by atoms with van der Waals surface area (Å²) >= 11 is 0. The molecule has 1 spiro atoms. The third-order valence-corrected chi connectivity index (χ3v) is 17.0. The van der Waals surface area contributed by atoms with Crippen LogP contribution in [0.1, 0.15) is 90.5 Å². The number of halogens is 2. The molecular formula is C55H58F2N10O6. The number of fused-ring (bicyclic) bond motifs is 5. The van der Waals surface area contributed by atoms with Crippen molar-refractivity contribution >= 4 is 56.8 Å². The standard InChI is InChI=1S/C55H58F2N10O6/c1-2-38-43(56)8-3-33-25-37(68)27-41(46(33)38)48-47(57)49-42(28-58-48)50(66-30-34-4-5-35(31-66)59-34)62-54(61-49)73-24-23-63-19-13-55(14-20-63)15-21-64(22-16-55)29-32-11-17-65(18-12-32)36-6-7-39-40(26-36)53(72)67(52(39)71)44-9-10-45(69)60-51(44)70/h1,3,6-8,25-28,32,34-35,44,59,68H,4-5,9-24,29-31H2,(H,60,69,70). The molecule has 6 saturated heterocycles. The number of aromatic nitrogens is 3. The molecule has 4 amide bonds. The van der Waals surface area contributed by atoms with E-state index in [1.54, 1.807) is 18.3 Å². The van der Waals surface area contributed by atoms with Crippen molar-refractivity contribution in [3.63, 3.8) is 0 Å². The quantitative estimate of drug-likeness (QED) is 0.116. The highest BCUT2D eigenvalue weighted by Gasteiger charge is 2.45. The van der Waals surface area contributed by atoms with Gasteiger partial charge in [0, 0.05) is 80.6 Å². The molecule has 7 aliphatic heterocycles. The molecule has 3 aromatic carbocycles. The van der Waals surface area contributed by atoms with Gasteiger partial charge in [-0.05, 0) is 137 Å². The lowest BCUT2D eigenvalue weighted by atomic mass is 9.71. The van der Waals surface area contributed by atoms with E-state index >= 15 is 8.78 Å². The van der Waals surface area contributed by atoms with Crippen LogP contribution in [0.25, 0.3) is 32.9 Å². The molecule has 3 unspecified atom stereocenters. The minimum atomic E-state index is -0.979. The summed E-state index contributed by atoms with van der Waals surface area (Å²) in [6.07, 6.45) is 16.3. The average molecular weight is 993 g/mol. The number of anilines is 2. The summed E-state index contributed by atoms with van der Waals surface area (Å²) in [5.74, 6) is 0.0538. The molecule has 2 bridgehead atoms. The van der Waals surface area contributed by atoms with Crippen molar-refractivity contribution in [2.45, 2.75) is 82.3 Å². The van der Waals surface area contributed by atoms with Gasteiger partial charge in [-0.15, -0.1) is 6.42 Å². The van der Waals surface area contributed by atoms with E-state index < -0.39 is 41.3 Å². The first-order chi connectivity index (χ1) is 35.4. The fourth-order valence-electron chi connectivity index (χ4n) is 12.9. The third-order valence-electron chi connectivity index (χ3n) is 17.0. The van der Waals surface area contributed by atoms with Gasteiger partial charge in [-0.25, -0.2) is 8.78 Å². The number of nitrogens with zero attached hydrogens (tertiary/aromatic N) is 8. The van der Waals surface area contributed by atoms with E-state index in [0.29, 0.717) is 77.4 Å². The Morgan fingerprint density at radius 3 is 2.26 bits per heavy atom. The highest BCUT2D eigenvalue weighted by Crippen LogP contribution is 2.43. The summed E-state index contributed by atoms with van der Waals surface area (Å²) in [6.45, 7) is 9.29. The second kappa shape index (κ2) is 18.9. The molecule has 3 atom stereocenters. The molecule has 0 radical (unpaired) electrons. The van der Waals surface area contributed by atoms with E-state index in [1.165, 1.54) is 37.1 Å². The molecule has 7 aliphatic rings. The lowest BCUT2D eigenvalue weighted by Gasteiger charge is -2.47.